The van der Waals surface area contributed by atoms with Crippen molar-refractivity contribution in [3.05, 3.63) is 58.7 Å². The number of rotatable bonds is 5. The minimum Gasteiger partial charge on any atom is -0.494 e. The number of carbonyl (C=O) groups excluding carboxylic acids is 1. The highest BCUT2D eigenvalue weighted by Gasteiger charge is 2.25. The van der Waals surface area contributed by atoms with Crippen molar-refractivity contribution in [2.75, 3.05) is 6.54 Å². The topological polar surface area (TPSA) is 74.8 Å². The monoisotopic (exact) mass is 432 g/mol. The lowest BCUT2D eigenvalue weighted by molar-refractivity contribution is -0.122. The Labute approximate surface area is 189 Å². The Hall–Kier alpha value is -2.92. The van der Waals surface area contributed by atoms with Crippen LogP contribution >= 0.6 is 0 Å². The highest BCUT2D eigenvalue weighted by Crippen LogP contribution is 2.36. The van der Waals surface area contributed by atoms with Crippen molar-refractivity contribution in [1.82, 2.24) is 4.57 Å². The number of carbonyl (C=O) groups is 1. The molecule has 0 bridgehead atoms. The van der Waals surface area contributed by atoms with E-state index < -0.39 is 0 Å². The summed E-state index contributed by atoms with van der Waals surface area (Å²) in [5, 5.41) is 21.9. The number of Topliss-reactive ketones (excluding diaryl/α,β-unsaturated/α-hetero) is 1. The first kappa shape index (κ1) is 22.3. The van der Waals surface area contributed by atoms with Gasteiger partial charge in [0.25, 0.3) is 0 Å². The highest BCUT2D eigenvalue weighted by molar-refractivity contribution is 6.13. The molecule has 0 unspecified atom stereocenters. The third-order valence-electron chi connectivity index (χ3n) is 6.55. The molecule has 1 aromatic heterocycles. The van der Waals surface area contributed by atoms with Crippen molar-refractivity contribution in [2.24, 2.45) is 10.9 Å². The van der Waals surface area contributed by atoms with Crippen molar-refractivity contribution in [3.63, 3.8) is 0 Å². The van der Waals surface area contributed by atoms with E-state index in [9.17, 15) is 15.0 Å². The SMILES string of the molecule is CC(=NCC(=O)C1CCC(O)CC1)c1c(O)n(-c2cc(C)cc(C)c2)c2cc(C)ccc12. The molecule has 1 aliphatic rings. The Morgan fingerprint density at radius 3 is 2.31 bits per heavy atom. The van der Waals surface area contributed by atoms with E-state index in [1.807, 2.05) is 44.4 Å². The minimum absolute atomic E-state index is 0.0252. The van der Waals surface area contributed by atoms with E-state index in [0.29, 0.717) is 24.1 Å². The summed E-state index contributed by atoms with van der Waals surface area (Å²) in [7, 11) is 0. The van der Waals surface area contributed by atoms with Gasteiger partial charge in [-0.1, -0.05) is 18.2 Å². The second-order valence-corrected chi connectivity index (χ2v) is 9.27. The zero-order valence-corrected chi connectivity index (χ0v) is 19.4. The quantitative estimate of drug-likeness (QED) is 0.545. The number of aromatic hydroxyl groups is 1. The third-order valence-corrected chi connectivity index (χ3v) is 6.55. The minimum atomic E-state index is -0.277. The van der Waals surface area contributed by atoms with Gasteiger partial charge in [-0.3, -0.25) is 14.4 Å². The van der Waals surface area contributed by atoms with E-state index in [0.717, 1.165) is 46.1 Å². The smallest absolute Gasteiger partial charge is 0.206 e. The predicted molar refractivity (Wildman–Crippen MR) is 129 cm³/mol. The Bertz CT molecular complexity index is 1180. The molecule has 2 N–H and O–H groups in total. The number of aliphatic hydroxyl groups excluding tert-OH is 1. The van der Waals surface area contributed by atoms with Gasteiger partial charge < -0.3 is 10.2 Å². The van der Waals surface area contributed by atoms with Crippen molar-refractivity contribution in [1.29, 1.82) is 0 Å². The fourth-order valence-electron chi connectivity index (χ4n) is 4.88. The molecule has 3 aromatic rings. The van der Waals surface area contributed by atoms with Crippen LogP contribution in [0, 0.1) is 26.7 Å². The van der Waals surface area contributed by atoms with Crippen LogP contribution in [0.3, 0.4) is 0 Å². The van der Waals surface area contributed by atoms with Gasteiger partial charge in [0, 0.05) is 22.7 Å². The molecule has 32 heavy (non-hydrogen) atoms. The molecule has 1 saturated carbocycles. The number of fused-ring (bicyclic) bond motifs is 1. The summed E-state index contributed by atoms with van der Waals surface area (Å²) >= 11 is 0. The van der Waals surface area contributed by atoms with Gasteiger partial charge in [0.05, 0.1) is 23.7 Å². The van der Waals surface area contributed by atoms with E-state index in [1.54, 1.807) is 0 Å². The third kappa shape index (κ3) is 4.35. The van der Waals surface area contributed by atoms with E-state index >= 15 is 0 Å². The zero-order valence-electron chi connectivity index (χ0n) is 19.4. The molecular weight excluding hydrogens is 400 g/mol. The van der Waals surface area contributed by atoms with E-state index in [4.69, 9.17) is 0 Å². The summed E-state index contributed by atoms with van der Waals surface area (Å²) in [4.78, 5) is 17.3. The van der Waals surface area contributed by atoms with Crippen molar-refractivity contribution in [3.8, 4) is 11.6 Å². The Morgan fingerprint density at radius 2 is 1.66 bits per heavy atom. The number of ketones is 1. The highest BCUT2D eigenvalue weighted by atomic mass is 16.3. The molecular formula is C27H32N2O3. The van der Waals surface area contributed by atoms with Crippen LogP contribution in [0.5, 0.6) is 5.88 Å². The molecule has 4 rings (SSSR count). The summed E-state index contributed by atoms with van der Waals surface area (Å²) in [5.74, 6) is 0.234. The lowest BCUT2D eigenvalue weighted by atomic mass is 9.85. The van der Waals surface area contributed by atoms with Crippen molar-refractivity contribution in [2.45, 2.75) is 59.5 Å². The molecule has 5 heteroatoms. The standard InChI is InChI=1S/C27H32N2O3/c1-16-5-10-23-24(14-16)29(21-12-17(2)11-18(3)13-21)27(32)26(23)19(4)28-15-25(31)20-6-8-22(30)9-7-20/h5,10-14,20,22,30,32H,6-9,15H2,1-4H3. The average molecular weight is 433 g/mol. The van der Waals surface area contributed by atoms with Crippen molar-refractivity contribution >= 4 is 22.4 Å². The number of hydrogen-bond acceptors (Lipinski definition) is 4. The summed E-state index contributed by atoms with van der Waals surface area (Å²) in [6.45, 7) is 8.10. The van der Waals surface area contributed by atoms with Crippen LogP contribution in [0.1, 0.15) is 54.9 Å². The maximum absolute atomic E-state index is 12.7. The van der Waals surface area contributed by atoms with Gasteiger partial charge in [0.15, 0.2) is 5.78 Å². The van der Waals surface area contributed by atoms with Crippen LogP contribution in [-0.4, -0.2) is 38.9 Å². The van der Waals surface area contributed by atoms with Gasteiger partial charge in [-0.25, -0.2) is 0 Å². The van der Waals surface area contributed by atoms with Crippen LogP contribution in [0.15, 0.2) is 41.4 Å². The van der Waals surface area contributed by atoms with Crippen LogP contribution < -0.4 is 0 Å². The molecule has 0 atom stereocenters. The molecule has 5 nitrogen and oxygen atoms in total. The molecule has 1 heterocycles. The van der Waals surface area contributed by atoms with Gasteiger partial charge in [-0.15, -0.1) is 0 Å². The Morgan fingerprint density at radius 1 is 1.00 bits per heavy atom. The fraction of sp³-hybridized carbons (Fsp3) is 0.407. The first-order chi connectivity index (χ1) is 15.2. The van der Waals surface area contributed by atoms with E-state index in [2.05, 4.69) is 29.3 Å². The Kier molecular flexibility index (Phi) is 6.20. The maximum atomic E-state index is 12.7. The van der Waals surface area contributed by atoms with Crippen molar-refractivity contribution < 1.29 is 15.0 Å². The van der Waals surface area contributed by atoms with Gasteiger partial charge in [-0.2, -0.15) is 0 Å². The average Bonchev–Trinajstić information content (AvgIpc) is 3.02. The Balaban J connectivity index is 1.73. The first-order valence-electron chi connectivity index (χ1n) is 11.4. The van der Waals surface area contributed by atoms with Gasteiger partial charge in [0.1, 0.15) is 0 Å². The fourth-order valence-corrected chi connectivity index (χ4v) is 4.88. The summed E-state index contributed by atoms with van der Waals surface area (Å²) in [6.07, 6.45) is 2.54. The summed E-state index contributed by atoms with van der Waals surface area (Å²) < 4.78 is 1.88. The van der Waals surface area contributed by atoms with Crippen LogP contribution in [-0.2, 0) is 4.79 Å². The van der Waals surface area contributed by atoms with Crippen LogP contribution in [0.4, 0.5) is 0 Å². The van der Waals surface area contributed by atoms with E-state index in [1.165, 1.54) is 0 Å². The summed E-state index contributed by atoms with van der Waals surface area (Å²) in [6, 6.07) is 12.4. The normalized spacial score (nSPS) is 19.5. The number of aliphatic hydroxyl groups is 1. The number of nitrogens with zero attached hydrogens (tertiary/aromatic N) is 2. The molecule has 0 saturated heterocycles. The van der Waals surface area contributed by atoms with E-state index in [-0.39, 0.29) is 30.2 Å². The molecule has 1 aliphatic carbocycles. The zero-order chi connectivity index (χ0) is 23.0. The van der Waals surface area contributed by atoms with Gasteiger partial charge in [0.2, 0.25) is 5.88 Å². The number of aryl methyl sites for hydroxylation is 3. The molecule has 1 fully saturated rings. The molecule has 168 valence electrons. The van der Waals surface area contributed by atoms with Gasteiger partial charge in [-0.05, 0) is 88.3 Å². The maximum Gasteiger partial charge on any atom is 0.206 e. The second kappa shape index (κ2) is 8.91. The molecule has 0 aliphatic heterocycles. The lowest BCUT2D eigenvalue weighted by Crippen LogP contribution is -2.26. The molecule has 0 radical (unpaired) electrons. The molecule has 0 spiro atoms. The molecule has 0 amide bonds. The molecule has 2 aromatic carbocycles. The van der Waals surface area contributed by atoms with Crippen LogP contribution in [0.25, 0.3) is 16.6 Å². The second-order valence-electron chi connectivity index (χ2n) is 9.27. The first-order valence-corrected chi connectivity index (χ1v) is 11.4. The predicted octanol–water partition coefficient (Wildman–Crippen LogP) is 5.19. The number of aromatic nitrogens is 1. The number of benzene rings is 2. The summed E-state index contributed by atoms with van der Waals surface area (Å²) in [5.41, 5.74) is 6.52. The number of hydrogen-bond donors (Lipinski definition) is 2. The number of aliphatic imine (C=N–C) groups is 1. The lowest BCUT2D eigenvalue weighted by Gasteiger charge is -2.23. The largest absolute Gasteiger partial charge is 0.494 e. The van der Waals surface area contributed by atoms with Crippen LogP contribution in [0.2, 0.25) is 0 Å². The van der Waals surface area contributed by atoms with Gasteiger partial charge >= 0.3 is 0 Å².